The summed E-state index contributed by atoms with van der Waals surface area (Å²) in [5.74, 6) is 0.131. The van der Waals surface area contributed by atoms with Gasteiger partial charge in [-0.2, -0.15) is 0 Å². The average Bonchev–Trinajstić information content (AvgIpc) is 3.00. The van der Waals surface area contributed by atoms with Gasteiger partial charge in [0.15, 0.2) is 0 Å². The Balaban J connectivity index is 1.77. The van der Waals surface area contributed by atoms with Crippen molar-refractivity contribution in [2.24, 2.45) is 0 Å². The largest absolute Gasteiger partial charge is 0.497 e. The molecule has 0 fully saturated rings. The zero-order chi connectivity index (χ0) is 15.1. The fourth-order valence-electron chi connectivity index (χ4n) is 1.57. The summed E-state index contributed by atoms with van der Waals surface area (Å²) in [5.41, 5.74) is 2.01. The molecule has 0 saturated carbocycles. The molecule has 0 bridgehead atoms. The molecule has 1 aromatic heterocycles. The van der Waals surface area contributed by atoms with Crippen molar-refractivity contribution in [3.8, 4) is 5.75 Å². The summed E-state index contributed by atoms with van der Waals surface area (Å²) >= 11 is 1.24. The van der Waals surface area contributed by atoms with Crippen LogP contribution in [-0.4, -0.2) is 35.7 Å². The van der Waals surface area contributed by atoms with E-state index in [4.69, 9.17) is 4.74 Å². The maximum Gasteiger partial charge on any atom is 0.251 e. The molecule has 0 unspecified atom stereocenters. The first kappa shape index (κ1) is 14.9. The Morgan fingerprint density at radius 2 is 2.24 bits per heavy atom. The van der Waals surface area contributed by atoms with E-state index in [9.17, 15) is 9.59 Å². The van der Waals surface area contributed by atoms with Crippen LogP contribution in [-0.2, 0) is 4.79 Å². The molecule has 110 valence electrons. The van der Waals surface area contributed by atoms with Crippen molar-refractivity contribution in [2.75, 3.05) is 19.0 Å². The molecule has 0 aliphatic carbocycles. The number of nitrogens with zero attached hydrogens (tertiary/aromatic N) is 2. The molecule has 2 aromatic rings. The zero-order valence-corrected chi connectivity index (χ0v) is 12.1. The number of hydrogen-bond donors (Lipinski definition) is 2. The molecule has 0 radical (unpaired) electrons. The van der Waals surface area contributed by atoms with E-state index < -0.39 is 0 Å². The SMILES string of the molecule is COc1cccc(C(=O)NCCC(=O)Nc2nncs2)c1. The minimum absolute atomic E-state index is 0.162. The molecule has 0 spiro atoms. The first-order chi connectivity index (χ1) is 10.2. The number of hydrogen-bond acceptors (Lipinski definition) is 6. The normalized spacial score (nSPS) is 9.95. The van der Waals surface area contributed by atoms with E-state index in [0.717, 1.165) is 0 Å². The van der Waals surface area contributed by atoms with Crippen LogP contribution >= 0.6 is 11.3 Å². The fourth-order valence-corrected chi connectivity index (χ4v) is 2.03. The smallest absolute Gasteiger partial charge is 0.251 e. The van der Waals surface area contributed by atoms with Crippen molar-refractivity contribution in [3.63, 3.8) is 0 Å². The molecule has 2 rings (SSSR count). The van der Waals surface area contributed by atoms with Gasteiger partial charge in [0.1, 0.15) is 11.3 Å². The molecular formula is C13H14N4O3S. The quantitative estimate of drug-likeness (QED) is 0.839. The number of rotatable bonds is 6. The van der Waals surface area contributed by atoms with Crippen LogP contribution in [0, 0.1) is 0 Å². The molecule has 1 aromatic carbocycles. The van der Waals surface area contributed by atoms with Gasteiger partial charge >= 0.3 is 0 Å². The lowest BCUT2D eigenvalue weighted by Gasteiger charge is -2.06. The van der Waals surface area contributed by atoms with Gasteiger partial charge in [-0.15, -0.1) is 10.2 Å². The Hall–Kier alpha value is -2.48. The lowest BCUT2D eigenvalue weighted by molar-refractivity contribution is -0.116. The van der Waals surface area contributed by atoms with Crippen molar-refractivity contribution in [2.45, 2.75) is 6.42 Å². The third kappa shape index (κ3) is 4.53. The van der Waals surface area contributed by atoms with E-state index in [0.29, 0.717) is 16.4 Å². The van der Waals surface area contributed by atoms with E-state index in [-0.39, 0.29) is 24.8 Å². The third-order valence-corrected chi connectivity index (χ3v) is 3.18. The Morgan fingerprint density at radius 3 is 2.95 bits per heavy atom. The zero-order valence-electron chi connectivity index (χ0n) is 11.3. The lowest BCUT2D eigenvalue weighted by atomic mass is 10.2. The molecule has 0 saturated heterocycles. The van der Waals surface area contributed by atoms with Crippen LogP contribution in [0.25, 0.3) is 0 Å². The van der Waals surface area contributed by atoms with Crippen LogP contribution in [0.15, 0.2) is 29.8 Å². The van der Waals surface area contributed by atoms with Gasteiger partial charge in [0, 0.05) is 18.5 Å². The second-order valence-electron chi connectivity index (χ2n) is 4.03. The number of carbonyl (C=O) groups excluding carboxylic acids is 2. The van der Waals surface area contributed by atoms with Crippen LogP contribution in [0.1, 0.15) is 16.8 Å². The summed E-state index contributed by atoms with van der Waals surface area (Å²) in [4.78, 5) is 23.5. The first-order valence-corrected chi connectivity index (χ1v) is 7.05. The predicted octanol–water partition coefficient (Wildman–Crippen LogP) is 1.31. The third-order valence-electron chi connectivity index (χ3n) is 2.58. The minimum atomic E-state index is -0.252. The van der Waals surface area contributed by atoms with Crippen LogP contribution < -0.4 is 15.4 Å². The van der Waals surface area contributed by atoms with Crippen molar-refractivity contribution in [1.29, 1.82) is 0 Å². The Kier molecular flexibility index (Phi) is 5.22. The molecular weight excluding hydrogens is 292 g/mol. The minimum Gasteiger partial charge on any atom is -0.497 e. The average molecular weight is 306 g/mol. The molecule has 2 N–H and O–H groups in total. The Morgan fingerprint density at radius 1 is 1.38 bits per heavy atom. The predicted molar refractivity (Wildman–Crippen MR) is 78.5 cm³/mol. The van der Waals surface area contributed by atoms with E-state index in [1.807, 2.05) is 0 Å². The second kappa shape index (κ2) is 7.34. The molecule has 2 amide bonds. The standard InChI is InChI=1S/C13H14N4O3S/c1-20-10-4-2-3-9(7-10)12(19)14-6-5-11(18)16-13-17-15-8-21-13/h2-4,7-8H,5-6H2,1H3,(H,14,19)(H,16,17,18). The highest BCUT2D eigenvalue weighted by atomic mass is 32.1. The number of amides is 2. The summed E-state index contributed by atoms with van der Waals surface area (Å²) in [7, 11) is 1.54. The lowest BCUT2D eigenvalue weighted by Crippen LogP contribution is -2.27. The highest BCUT2D eigenvalue weighted by Crippen LogP contribution is 2.12. The monoisotopic (exact) mass is 306 g/mol. The van der Waals surface area contributed by atoms with E-state index >= 15 is 0 Å². The van der Waals surface area contributed by atoms with Crippen LogP contribution in [0.2, 0.25) is 0 Å². The number of benzene rings is 1. The molecule has 1 heterocycles. The van der Waals surface area contributed by atoms with Crippen molar-refractivity contribution < 1.29 is 14.3 Å². The molecule has 0 aliphatic heterocycles. The van der Waals surface area contributed by atoms with E-state index in [2.05, 4.69) is 20.8 Å². The summed E-state index contributed by atoms with van der Waals surface area (Å²) in [6.07, 6.45) is 0.162. The molecule has 0 aliphatic rings. The van der Waals surface area contributed by atoms with Crippen molar-refractivity contribution in [1.82, 2.24) is 15.5 Å². The number of methoxy groups -OCH3 is 1. The molecule has 7 nitrogen and oxygen atoms in total. The molecule has 0 atom stereocenters. The second-order valence-corrected chi connectivity index (χ2v) is 4.86. The van der Waals surface area contributed by atoms with Gasteiger partial charge in [0.25, 0.3) is 5.91 Å². The molecule has 21 heavy (non-hydrogen) atoms. The maximum absolute atomic E-state index is 11.9. The summed E-state index contributed by atoms with van der Waals surface area (Å²) in [5, 5.41) is 13.0. The van der Waals surface area contributed by atoms with Crippen LogP contribution in [0.3, 0.4) is 0 Å². The van der Waals surface area contributed by atoms with Crippen molar-refractivity contribution >= 4 is 28.3 Å². The number of nitrogens with one attached hydrogen (secondary N) is 2. The van der Waals surface area contributed by atoms with E-state index in [1.54, 1.807) is 24.3 Å². The van der Waals surface area contributed by atoms with Gasteiger partial charge in [-0.05, 0) is 18.2 Å². The van der Waals surface area contributed by atoms with Crippen LogP contribution in [0.5, 0.6) is 5.75 Å². The highest BCUT2D eigenvalue weighted by molar-refractivity contribution is 7.13. The highest BCUT2D eigenvalue weighted by Gasteiger charge is 2.08. The van der Waals surface area contributed by atoms with Gasteiger partial charge in [-0.1, -0.05) is 17.4 Å². The summed E-state index contributed by atoms with van der Waals surface area (Å²) in [6.45, 7) is 0.237. The van der Waals surface area contributed by atoms with Crippen molar-refractivity contribution in [3.05, 3.63) is 35.3 Å². The van der Waals surface area contributed by atoms with Gasteiger partial charge in [-0.25, -0.2) is 0 Å². The summed E-state index contributed by atoms with van der Waals surface area (Å²) < 4.78 is 5.05. The fraction of sp³-hybridized carbons (Fsp3) is 0.231. The maximum atomic E-state index is 11.9. The van der Waals surface area contributed by atoms with E-state index in [1.165, 1.54) is 24.0 Å². The van der Waals surface area contributed by atoms with Gasteiger partial charge < -0.3 is 15.4 Å². The van der Waals surface area contributed by atoms with Gasteiger partial charge in [-0.3, -0.25) is 9.59 Å². The number of aromatic nitrogens is 2. The topological polar surface area (TPSA) is 93.2 Å². The van der Waals surface area contributed by atoms with Gasteiger partial charge in [0.2, 0.25) is 11.0 Å². The summed E-state index contributed by atoms with van der Waals surface area (Å²) in [6, 6.07) is 6.80. The number of anilines is 1. The number of ether oxygens (including phenoxy) is 1. The Bertz CT molecular complexity index is 616. The first-order valence-electron chi connectivity index (χ1n) is 6.17. The Labute approximate surface area is 125 Å². The van der Waals surface area contributed by atoms with Crippen LogP contribution in [0.4, 0.5) is 5.13 Å². The molecule has 8 heteroatoms. The van der Waals surface area contributed by atoms with Gasteiger partial charge in [0.05, 0.1) is 7.11 Å². The number of carbonyl (C=O) groups is 2.